The Hall–Kier alpha value is -0.810. The van der Waals surface area contributed by atoms with E-state index in [9.17, 15) is 9.59 Å². The minimum Gasteiger partial charge on any atom is -0.368 e. The maximum Gasteiger partial charge on any atom is 0.240 e. The molecule has 0 aromatic carbocycles. The normalized spacial score (nSPS) is 21.6. The predicted octanol–water partition coefficient (Wildman–Crippen LogP) is 0.424. The topological polar surface area (TPSA) is 84.2 Å². The van der Waals surface area contributed by atoms with Crippen LogP contribution in [-0.4, -0.2) is 30.9 Å². The van der Waals surface area contributed by atoms with Crippen molar-refractivity contribution in [3.05, 3.63) is 0 Å². The number of piperidine rings is 1. The van der Waals surface area contributed by atoms with Crippen molar-refractivity contribution in [2.24, 2.45) is 17.1 Å². The molecule has 0 spiro atoms. The molecule has 1 aliphatic heterocycles. The number of nitrogens with one attached hydrogen (secondary N) is 2. The average Bonchev–Trinajstić information content (AvgIpc) is 2.24. The highest BCUT2D eigenvalue weighted by atomic mass is 35.5. The van der Waals surface area contributed by atoms with E-state index in [0.717, 1.165) is 19.4 Å². The molecule has 1 saturated heterocycles. The summed E-state index contributed by atoms with van der Waals surface area (Å²) in [6.45, 7) is 7.31. The lowest BCUT2D eigenvalue weighted by Gasteiger charge is -2.31. The number of hydrogen-bond donors (Lipinski definition) is 3. The molecule has 2 atom stereocenters. The SMILES string of the molecule is CC(C)(C)C(NC(=O)C1CCCNC1)C(N)=O.Cl. The fourth-order valence-corrected chi connectivity index (χ4v) is 2.05. The molecule has 4 N–H and O–H groups in total. The number of rotatable bonds is 3. The van der Waals surface area contributed by atoms with Crippen LogP contribution in [0.1, 0.15) is 33.6 Å². The van der Waals surface area contributed by atoms with Crippen LogP contribution in [0.5, 0.6) is 0 Å². The first-order valence-corrected chi connectivity index (χ1v) is 6.13. The van der Waals surface area contributed by atoms with E-state index in [1.165, 1.54) is 0 Å². The summed E-state index contributed by atoms with van der Waals surface area (Å²) in [4.78, 5) is 23.4. The standard InChI is InChI=1S/C12H23N3O2.ClH/c1-12(2,3)9(10(13)16)15-11(17)8-5-4-6-14-7-8;/h8-9,14H,4-7H2,1-3H3,(H2,13,16)(H,15,17);1H. The van der Waals surface area contributed by atoms with Gasteiger partial charge in [0.1, 0.15) is 6.04 Å². The van der Waals surface area contributed by atoms with Crippen LogP contribution in [0.4, 0.5) is 0 Å². The van der Waals surface area contributed by atoms with Gasteiger partial charge < -0.3 is 16.4 Å². The highest BCUT2D eigenvalue weighted by Crippen LogP contribution is 2.20. The number of hydrogen-bond acceptors (Lipinski definition) is 3. The Morgan fingerprint density at radius 3 is 2.39 bits per heavy atom. The van der Waals surface area contributed by atoms with Gasteiger partial charge in [-0.05, 0) is 24.8 Å². The first-order chi connectivity index (χ1) is 7.82. The van der Waals surface area contributed by atoms with Crippen molar-refractivity contribution >= 4 is 24.2 Å². The van der Waals surface area contributed by atoms with E-state index in [1.807, 2.05) is 20.8 Å². The first kappa shape index (κ1) is 17.2. The van der Waals surface area contributed by atoms with Crippen LogP contribution in [0.2, 0.25) is 0 Å². The maximum absolute atomic E-state index is 12.0. The van der Waals surface area contributed by atoms with Gasteiger partial charge in [-0.1, -0.05) is 20.8 Å². The number of nitrogens with two attached hydrogens (primary N) is 1. The first-order valence-electron chi connectivity index (χ1n) is 6.13. The van der Waals surface area contributed by atoms with Gasteiger partial charge in [0.2, 0.25) is 11.8 Å². The second-order valence-electron chi connectivity index (χ2n) is 5.75. The zero-order valence-corrected chi connectivity index (χ0v) is 12.1. The zero-order valence-electron chi connectivity index (χ0n) is 11.3. The van der Waals surface area contributed by atoms with Crippen LogP contribution in [0.15, 0.2) is 0 Å². The Kier molecular flexibility index (Phi) is 6.63. The highest BCUT2D eigenvalue weighted by molar-refractivity contribution is 5.88. The fourth-order valence-electron chi connectivity index (χ4n) is 2.05. The monoisotopic (exact) mass is 277 g/mol. The Labute approximate surface area is 115 Å². The molecular formula is C12H24ClN3O2. The summed E-state index contributed by atoms with van der Waals surface area (Å²) in [5.41, 5.74) is 4.97. The largest absolute Gasteiger partial charge is 0.368 e. The molecule has 6 heteroatoms. The lowest BCUT2D eigenvalue weighted by Crippen LogP contribution is -2.54. The lowest BCUT2D eigenvalue weighted by molar-refractivity contribution is -0.132. The van der Waals surface area contributed by atoms with Crippen molar-refractivity contribution in [2.45, 2.75) is 39.7 Å². The molecule has 18 heavy (non-hydrogen) atoms. The van der Waals surface area contributed by atoms with Gasteiger partial charge in [0.15, 0.2) is 0 Å². The van der Waals surface area contributed by atoms with E-state index in [-0.39, 0.29) is 29.6 Å². The second kappa shape index (κ2) is 6.95. The van der Waals surface area contributed by atoms with Gasteiger partial charge in [0.05, 0.1) is 5.92 Å². The molecular weight excluding hydrogens is 254 g/mol. The third kappa shape index (κ3) is 4.82. The molecule has 1 rings (SSSR count). The van der Waals surface area contributed by atoms with Crippen molar-refractivity contribution < 1.29 is 9.59 Å². The summed E-state index contributed by atoms with van der Waals surface area (Å²) < 4.78 is 0. The Bertz CT molecular complexity index is 296. The molecule has 106 valence electrons. The maximum atomic E-state index is 12.0. The van der Waals surface area contributed by atoms with Gasteiger partial charge in [-0.3, -0.25) is 9.59 Å². The summed E-state index contributed by atoms with van der Waals surface area (Å²) in [7, 11) is 0. The van der Waals surface area contributed by atoms with E-state index in [4.69, 9.17) is 5.73 Å². The Morgan fingerprint density at radius 2 is 2.00 bits per heavy atom. The van der Waals surface area contributed by atoms with Gasteiger partial charge in [-0.2, -0.15) is 0 Å². The van der Waals surface area contributed by atoms with Crippen LogP contribution < -0.4 is 16.4 Å². The van der Waals surface area contributed by atoms with Gasteiger partial charge in [-0.15, -0.1) is 12.4 Å². The van der Waals surface area contributed by atoms with Gasteiger partial charge in [-0.25, -0.2) is 0 Å². The molecule has 2 unspecified atom stereocenters. The second-order valence-corrected chi connectivity index (χ2v) is 5.75. The third-order valence-corrected chi connectivity index (χ3v) is 3.10. The smallest absolute Gasteiger partial charge is 0.240 e. The number of carbonyl (C=O) groups is 2. The quantitative estimate of drug-likeness (QED) is 0.699. The zero-order chi connectivity index (χ0) is 13.1. The van der Waals surface area contributed by atoms with E-state index < -0.39 is 11.9 Å². The highest BCUT2D eigenvalue weighted by Gasteiger charge is 2.33. The molecule has 0 saturated carbocycles. The van der Waals surface area contributed by atoms with Crippen molar-refractivity contribution in [3.63, 3.8) is 0 Å². The van der Waals surface area contributed by atoms with E-state index in [1.54, 1.807) is 0 Å². The third-order valence-electron chi connectivity index (χ3n) is 3.10. The average molecular weight is 278 g/mol. The van der Waals surface area contributed by atoms with Gasteiger partial charge in [0.25, 0.3) is 0 Å². The molecule has 0 bridgehead atoms. The van der Waals surface area contributed by atoms with Crippen molar-refractivity contribution in [1.29, 1.82) is 0 Å². The fraction of sp³-hybridized carbons (Fsp3) is 0.833. The minimum atomic E-state index is -0.614. The van der Waals surface area contributed by atoms with Crippen molar-refractivity contribution in [1.82, 2.24) is 10.6 Å². The summed E-state index contributed by atoms with van der Waals surface area (Å²) in [5.74, 6) is -0.599. The summed E-state index contributed by atoms with van der Waals surface area (Å²) in [6.07, 6.45) is 1.86. The van der Waals surface area contributed by atoms with Crippen molar-refractivity contribution in [2.75, 3.05) is 13.1 Å². The van der Waals surface area contributed by atoms with Crippen LogP contribution in [-0.2, 0) is 9.59 Å². The molecule has 0 aliphatic carbocycles. The summed E-state index contributed by atoms with van der Waals surface area (Å²) in [6, 6.07) is -0.614. The van der Waals surface area contributed by atoms with Crippen molar-refractivity contribution in [3.8, 4) is 0 Å². The minimum absolute atomic E-state index is 0. The lowest BCUT2D eigenvalue weighted by atomic mass is 9.85. The summed E-state index contributed by atoms with van der Waals surface area (Å²) in [5, 5.41) is 5.95. The molecule has 0 aromatic rings. The van der Waals surface area contributed by atoms with Crippen LogP contribution in [0.25, 0.3) is 0 Å². The predicted molar refractivity (Wildman–Crippen MR) is 73.4 cm³/mol. The molecule has 1 aliphatic rings. The molecule has 1 heterocycles. The van der Waals surface area contributed by atoms with Crippen LogP contribution >= 0.6 is 12.4 Å². The molecule has 0 aromatic heterocycles. The number of carbonyl (C=O) groups excluding carboxylic acids is 2. The Balaban J connectivity index is 0.00000289. The number of amides is 2. The van der Waals surface area contributed by atoms with Crippen LogP contribution in [0, 0.1) is 11.3 Å². The summed E-state index contributed by atoms with van der Waals surface area (Å²) >= 11 is 0. The van der Waals surface area contributed by atoms with E-state index in [2.05, 4.69) is 10.6 Å². The number of primary amides is 1. The van der Waals surface area contributed by atoms with Crippen LogP contribution in [0.3, 0.4) is 0 Å². The molecule has 1 fully saturated rings. The number of halogens is 1. The molecule has 0 radical (unpaired) electrons. The van der Waals surface area contributed by atoms with Gasteiger partial charge in [0, 0.05) is 6.54 Å². The Morgan fingerprint density at radius 1 is 1.39 bits per heavy atom. The molecule has 5 nitrogen and oxygen atoms in total. The van der Waals surface area contributed by atoms with Gasteiger partial charge >= 0.3 is 0 Å². The van der Waals surface area contributed by atoms with E-state index >= 15 is 0 Å². The molecule has 2 amide bonds. The van der Waals surface area contributed by atoms with E-state index in [0.29, 0.717) is 6.54 Å².